The molecule has 1 atom stereocenters. The molecule has 0 saturated heterocycles. The summed E-state index contributed by atoms with van der Waals surface area (Å²) >= 11 is 0. The van der Waals surface area contributed by atoms with Crippen LogP contribution in [0.3, 0.4) is 0 Å². The molecule has 0 aliphatic carbocycles. The number of carbonyl (C=O) groups excluding carboxylic acids is 1. The molecule has 1 aliphatic heterocycles. The molecule has 2 aromatic carbocycles. The largest absolute Gasteiger partial charge is 0.487 e. The minimum Gasteiger partial charge on any atom is -0.487 e. The van der Waals surface area contributed by atoms with Gasteiger partial charge in [0.25, 0.3) is 0 Å². The Balaban J connectivity index is 1.91. The van der Waals surface area contributed by atoms with Gasteiger partial charge in [-0.3, -0.25) is 4.79 Å². The van der Waals surface area contributed by atoms with E-state index in [1.807, 2.05) is 37.3 Å². The highest BCUT2D eigenvalue weighted by atomic mass is 32.2. The van der Waals surface area contributed by atoms with Crippen LogP contribution in [-0.2, 0) is 21.4 Å². The lowest BCUT2D eigenvalue weighted by Gasteiger charge is -2.33. The van der Waals surface area contributed by atoms with Crippen molar-refractivity contribution in [1.29, 1.82) is 0 Å². The van der Waals surface area contributed by atoms with Crippen LogP contribution in [0.25, 0.3) is 0 Å². The molecule has 0 saturated carbocycles. The van der Waals surface area contributed by atoms with Crippen molar-refractivity contribution in [3.8, 4) is 5.75 Å². The lowest BCUT2D eigenvalue weighted by molar-refractivity contribution is -0.117. The molecule has 0 N–H and O–H groups in total. The third-order valence-electron chi connectivity index (χ3n) is 4.33. The Hall–Kier alpha value is -2.38. The summed E-state index contributed by atoms with van der Waals surface area (Å²) in [5.41, 5.74) is 1.50. The SMILES string of the molecule is CC(=O)N1CC(C)Oc2cc(S(=O)(=O)N(C)Cc3ccccc3)ccc21. The second-order valence-corrected chi connectivity index (χ2v) is 8.48. The van der Waals surface area contributed by atoms with Crippen LogP contribution in [-0.4, -0.2) is 38.3 Å². The number of ether oxygens (including phenoxy) is 1. The monoisotopic (exact) mass is 374 g/mol. The van der Waals surface area contributed by atoms with E-state index in [2.05, 4.69) is 0 Å². The topological polar surface area (TPSA) is 66.9 Å². The van der Waals surface area contributed by atoms with Crippen molar-refractivity contribution >= 4 is 21.6 Å². The van der Waals surface area contributed by atoms with Crippen molar-refractivity contribution in [2.75, 3.05) is 18.5 Å². The van der Waals surface area contributed by atoms with Crippen molar-refractivity contribution in [3.05, 3.63) is 54.1 Å². The molecule has 0 bridgehead atoms. The van der Waals surface area contributed by atoms with Crippen molar-refractivity contribution < 1.29 is 17.9 Å². The first-order valence-electron chi connectivity index (χ1n) is 8.38. The zero-order chi connectivity index (χ0) is 18.9. The second-order valence-electron chi connectivity index (χ2n) is 6.43. The van der Waals surface area contributed by atoms with E-state index in [4.69, 9.17) is 4.74 Å². The summed E-state index contributed by atoms with van der Waals surface area (Å²) in [5.74, 6) is 0.311. The van der Waals surface area contributed by atoms with E-state index in [1.54, 1.807) is 18.0 Å². The number of sulfonamides is 1. The number of rotatable bonds is 4. The second kappa shape index (κ2) is 7.09. The number of hydrogen-bond acceptors (Lipinski definition) is 4. The molecule has 0 spiro atoms. The quantitative estimate of drug-likeness (QED) is 0.825. The molecule has 1 amide bonds. The summed E-state index contributed by atoms with van der Waals surface area (Å²) in [4.78, 5) is 13.6. The van der Waals surface area contributed by atoms with Crippen molar-refractivity contribution in [2.45, 2.75) is 31.4 Å². The molecular weight excluding hydrogens is 352 g/mol. The molecular formula is C19H22N2O4S. The maximum atomic E-state index is 12.9. The van der Waals surface area contributed by atoms with E-state index < -0.39 is 10.0 Å². The number of hydrogen-bond donors (Lipinski definition) is 0. The molecule has 3 rings (SSSR count). The zero-order valence-electron chi connectivity index (χ0n) is 15.0. The van der Waals surface area contributed by atoms with Gasteiger partial charge in [-0.1, -0.05) is 30.3 Å². The predicted molar refractivity (Wildman–Crippen MR) is 99.7 cm³/mol. The standard InChI is InChI=1S/C19H22N2O4S/c1-14-12-21(15(2)22)18-10-9-17(11-19(18)25-14)26(23,24)20(3)13-16-7-5-4-6-8-16/h4-11,14H,12-13H2,1-3H3. The predicted octanol–water partition coefficient (Wildman–Crippen LogP) is 2.64. The van der Waals surface area contributed by atoms with E-state index in [0.29, 0.717) is 18.0 Å². The Labute approximate surface area is 154 Å². The summed E-state index contributed by atoms with van der Waals surface area (Å²) in [6, 6.07) is 14.1. The highest BCUT2D eigenvalue weighted by molar-refractivity contribution is 7.89. The highest BCUT2D eigenvalue weighted by Gasteiger charge is 2.29. The molecule has 1 aliphatic rings. The smallest absolute Gasteiger partial charge is 0.243 e. The number of anilines is 1. The molecule has 7 heteroatoms. The summed E-state index contributed by atoms with van der Waals surface area (Å²) < 4.78 is 32.9. The maximum Gasteiger partial charge on any atom is 0.243 e. The number of carbonyl (C=O) groups is 1. The first kappa shape index (κ1) is 18.4. The van der Waals surface area contributed by atoms with Crippen LogP contribution in [0.2, 0.25) is 0 Å². The van der Waals surface area contributed by atoms with Gasteiger partial charge in [-0.15, -0.1) is 0 Å². The Kier molecular flexibility index (Phi) is 5.02. The minimum atomic E-state index is -3.68. The zero-order valence-corrected chi connectivity index (χ0v) is 15.9. The molecule has 1 unspecified atom stereocenters. The molecule has 0 fully saturated rings. The molecule has 26 heavy (non-hydrogen) atoms. The molecule has 0 radical (unpaired) electrons. The average Bonchev–Trinajstić information content (AvgIpc) is 2.61. The number of nitrogens with zero attached hydrogens (tertiary/aromatic N) is 2. The Morgan fingerprint density at radius 2 is 1.92 bits per heavy atom. The van der Waals surface area contributed by atoms with Crippen LogP contribution in [0.4, 0.5) is 5.69 Å². The van der Waals surface area contributed by atoms with Crippen LogP contribution in [0.15, 0.2) is 53.4 Å². The average molecular weight is 374 g/mol. The number of benzene rings is 2. The lowest BCUT2D eigenvalue weighted by Crippen LogP contribution is -2.41. The minimum absolute atomic E-state index is 0.0989. The summed E-state index contributed by atoms with van der Waals surface area (Å²) in [6.45, 7) is 4.06. The van der Waals surface area contributed by atoms with Gasteiger partial charge in [0.1, 0.15) is 11.9 Å². The lowest BCUT2D eigenvalue weighted by atomic mass is 10.2. The summed E-state index contributed by atoms with van der Waals surface area (Å²) in [7, 11) is -2.13. The fraction of sp³-hybridized carbons (Fsp3) is 0.316. The first-order chi connectivity index (χ1) is 12.3. The van der Waals surface area contributed by atoms with Crippen LogP contribution < -0.4 is 9.64 Å². The van der Waals surface area contributed by atoms with Crippen LogP contribution >= 0.6 is 0 Å². The van der Waals surface area contributed by atoms with Gasteiger partial charge in [0.15, 0.2) is 0 Å². The van der Waals surface area contributed by atoms with E-state index in [9.17, 15) is 13.2 Å². The Bertz CT molecular complexity index is 912. The molecule has 138 valence electrons. The van der Waals surface area contributed by atoms with Crippen LogP contribution in [0.1, 0.15) is 19.4 Å². The van der Waals surface area contributed by atoms with Crippen molar-refractivity contribution in [2.24, 2.45) is 0 Å². The van der Waals surface area contributed by atoms with E-state index in [-0.39, 0.29) is 23.5 Å². The molecule has 0 aromatic heterocycles. The maximum absolute atomic E-state index is 12.9. The van der Waals surface area contributed by atoms with E-state index >= 15 is 0 Å². The van der Waals surface area contributed by atoms with Gasteiger partial charge in [0, 0.05) is 26.6 Å². The van der Waals surface area contributed by atoms with Gasteiger partial charge in [-0.2, -0.15) is 4.31 Å². The van der Waals surface area contributed by atoms with Crippen LogP contribution in [0, 0.1) is 0 Å². The van der Waals surface area contributed by atoms with Gasteiger partial charge < -0.3 is 9.64 Å². The van der Waals surface area contributed by atoms with Crippen molar-refractivity contribution in [3.63, 3.8) is 0 Å². The number of fused-ring (bicyclic) bond motifs is 1. The Morgan fingerprint density at radius 3 is 2.58 bits per heavy atom. The van der Waals surface area contributed by atoms with Crippen molar-refractivity contribution in [1.82, 2.24) is 4.31 Å². The third kappa shape index (κ3) is 3.59. The normalized spacial score (nSPS) is 16.9. The van der Waals surface area contributed by atoms with E-state index in [0.717, 1.165) is 5.56 Å². The van der Waals surface area contributed by atoms with Gasteiger partial charge in [-0.25, -0.2) is 8.42 Å². The molecule has 1 heterocycles. The van der Waals surface area contributed by atoms with Gasteiger partial charge in [-0.05, 0) is 24.6 Å². The Morgan fingerprint density at radius 1 is 1.23 bits per heavy atom. The van der Waals surface area contributed by atoms with Crippen LogP contribution in [0.5, 0.6) is 5.75 Å². The van der Waals surface area contributed by atoms with Gasteiger partial charge in [0.2, 0.25) is 15.9 Å². The third-order valence-corrected chi connectivity index (χ3v) is 6.13. The first-order valence-corrected chi connectivity index (χ1v) is 9.82. The van der Waals surface area contributed by atoms with E-state index in [1.165, 1.54) is 23.4 Å². The van der Waals surface area contributed by atoms with Gasteiger partial charge in [0.05, 0.1) is 17.1 Å². The van der Waals surface area contributed by atoms with Gasteiger partial charge >= 0.3 is 0 Å². The molecule has 6 nitrogen and oxygen atoms in total. The molecule has 2 aromatic rings. The highest BCUT2D eigenvalue weighted by Crippen LogP contribution is 2.36. The summed E-state index contributed by atoms with van der Waals surface area (Å²) in [6.07, 6.45) is -0.202. The number of amides is 1. The fourth-order valence-electron chi connectivity index (χ4n) is 2.99. The summed E-state index contributed by atoms with van der Waals surface area (Å²) in [5, 5.41) is 0. The fourth-order valence-corrected chi connectivity index (χ4v) is 4.16.